The van der Waals surface area contributed by atoms with Gasteiger partial charge in [0.1, 0.15) is 5.75 Å². The molecule has 1 aromatic heterocycles. The van der Waals surface area contributed by atoms with Crippen LogP contribution in [0.1, 0.15) is 50.7 Å². The Bertz CT molecular complexity index is 686. The summed E-state index contributed by atoms with van der Waals surface area (Å²) in [5, 5.41) is 4.01. The topological polar surface area (TPSA) is 68.5 Å². The van der Waals surface area contributed by atoms with E-state index in [0.717, 1.165) is 31.6 Å². The maximum absolute atomic E-state index is 12.4. The molecule has 1 aromatic carbocycles. The molecule has 0 aliphatic carbocycles. The van der Waals surface area contributed by atoms with Crippen molar-refractivity contribution in [3.05, 3.63) is 42.0 Å². The average Bonchev–Trinajstić information content (AvgIpc) is 3.15. The number of aromatic nitrogens is 2. The van der Waals surface area contributed by atoms with Gasteiger partial charge in [0.05, 0.1) is 5.92 Å². The molecular formula is C19H25N3O3. The number of ether oxygens (including phenoxy) is 1. The smallest absolute Gasteiger partial charge is 0.231 e. The minimum Gasteiger partial charge on any atom is -0.485 e. The summed E-state index contributed by atoms with van der Waals surface area (Å²) in [6, 6.07) is 9.56. The third-order valence-corrected chi connectivity index (χ3v) is 4.71. The van der Waals surface area contributed by atoms with E-state index in [-0.39, 0.29) is 24.3 Å². The van der Waals surface area contributed by atoms with Crippen molar-refractivity contribution < 1.29 is 14.1 Å². The van der Waals surface area contributed by atoms with Crippen LogP contribution < -0.4 is 4.74 Å². The molecule has 0 unspecified atom stereocenters. The summed E-state index contributed by atoms with van der Waals surface area (Å²) in [5.41, 5.74) is 0. The minimum absolute atomic E-state index is 0.0660. The van der Waals surface area contributed by atoms with Crippen molar-refractivity contribution in [3.63, 3.8) is 0 Å². The Balaban J connectivity index is 1.58. The second kappa shape index (κ2) is 8.14. The van der Waals surface area contributed by atoms with Gasteiger partial charge in [0, 0.05) is 19.0 Å². The van der Waals surface area contributed by atoms with Gasteiger partial charge in [0.25, 0.3) is 0 Å². The molecule has 0 bridgehead atoms. The largest absolute Gasteiger partial charge is 0.485 e. The van der Waals surface area contributed by atoms with Gasteiger partial charge in [-0.15, -0.1) is 0 Å². The molecule has 25 heavy (non-hydrogen) atoms. The van der Waals surface area contributed by atoms with E-state index in [1.165, 1.54) is 0 Å². The molecule has 6 nitrogen and oxygen atoms in total. The van der Waals surface area contributed by atoms with E-state index in [2.05, 4.69) is 10.1 Å². The number of para-hydroxylation sites is 1. The summed E-state index contributed by atoms with van der Waals surface area (Å²) in [5.74, 6) is 2.31. The maximum atomic E-state index is 12.4. The first-order valence-electron chi connectivity index (χ1n) is 8.96. The van der Waals surface area contributed by atoms with Crippen LogP contribution in [0.4, 0.5) is 0 Å². The number of carbonyl (C=O) groups excluding carboxylic acids is 1. The number of likely N-dealkylation sites (tertiary alicyclic amines) is 1. The SMILES string of the molecule is CC[C@H](C)C(=O)N1CCC[C@H](c2nc(COc3ccccc3)no2)C1. The van der Waals surface area contributed by atoms with Gasteiger partial charge in [-0.3, -0.25) is 4.79 Å². The van der Waals surface area contributed by atoms with E-state index in [1.807, 2.05) is 49.1 Å². The molecule has 3 rings (SSSR count). The van der Waals surface area contributed by atoms with Crippen molar-refractivity contribution in [1.82, 2.24) is 15.0 Å². The Morgan fingerprint density at radius 1 is 1.40 bits per heavy atom. The van der Waals surface area contributed by atoms with Gasteiger partial charge >= 0.3 is 0 Å². The van der Waals surface area contributed by atoms with Crippen molar-refractivity contribution in [2.75, 3.05) is 13.1 Å². The van der Waals surface area contributed by atoms with E-state index in [1.54, 1.807) is 0 Å². The van der Waals surface area contributed by atoms with E-state index < -0.39 is 0 Å². The summed E-state index contributed by atoms with van der Waals surface area (Å²) in [6.07, 6.45) is 2.79. The zero-order chi connectivity index (χ0) is 17.6. The summed E-state index contributed by atoms with van der Waals surface area (Å²) in [6.45, 7) is 5.77. The van der Waals surface area contributed by atoms with Crippen molar-refractivity contribution in [2.45, 2.75) is 45.6 Å². The molecule has 1 aliphatic heterocycles. The van der Waals surface area contributed by atoms with Crippen molar-refractivity contribution in [2.24, 2.45) is 5.92 Å². The zero-order valence-electron chi connectivity index (χ0n) is 14.9. The number of amides is 1. The molecule has 1 saturated heterocycles. The molecule has 1 fully saturated rings. The van der Waals surface area contributed by atoms with Gasteiger partial charge in [-0.2, -0.15) is 4.98 Å². The fourth-order valence-corrected chi connectivity index (χ4v) is 3.02. The van der Waals surface area contributed by atoms with E-state index in [0.29, 0.717) is 18.3 Å². The quantitative estimate of drug-likeness (QED) is 0.804. The standard InChI is InChI=1S/C19H25N3O3/c1-3-14(2)19(23)22-11-7-8-15(12-22)18-20-17(21-25-18)13-24-16-9-5-4-6-10-16/h4-6,9-10,14-15H,3,7-8,11-13H2,1-2H3/t14-,15-/m0/s1. The molecule has 2 aromatic rings. The zero-order valence-corrected chi connectivity index (χ0v) is 14.9. The van der Waals surface area contributed by atoms with Gasteiger partial charge in [0.2, 0.25) is 17.6 Å². The average molecular weight is 343 g/mol. The first-order valence-corrected chi connectivity index (χ1v) is 8.96. The molecule has 0 saturated carbocycles. The van der Waals surface area contributed by atoms with Crippen LogP contribution in [0.15, 0.2) is 34.9 Å². The second-order valence-electron chi connectivity index (χ2n) is 6.58. The highest BCUT2D eigenvalue weighted by atomic mass is 16.5. The number of benzene rings is 1. The van der Waals surface area contributed by atoms with Crippen LogP contribution >= 0.6 is 0 Å². The van der Waals surface area contributed by atoms with Crippen molar-refractivity contribution in [1.29, 1.82) is 0 Å². The van der Waals surface area contributed by atoms with Gasteiger partial charge in [0.15, 0.2) is 6.61 Å². The monoisotopic (exact) mass is 343 g/mol. The van der Waals surface area contributed by atoms with Crippen molar-refractivity contribution in [3.8, 4) is 5.75 Å². The number of nitrogens with zero attached hydrogens (tertiary/aromatic N) is 3. The lowest BCUT2D eigenvalue weighted by atomic mass is 9.96. The van der Waals surface area contributed by atoms with Crippen LogP contribution in [0.3, 0.4) is 0 Å². The molecule has 0 spiro atoms. The summed E-state index contributed by atoms with van der Waals surface area (Å²) < 4.78 is 11.1. The Morgan fingerprint density at radius 3 is 2.96 bits per heavy atom. The molecule has 1 aliphatic rings. The lowest BCUT2D eigenvalue weighted by Gasteiger charge is -2.32. The first kappa shape index (κ1) is 17.5. The molecule has 0 N–H and O–H groups in total. The molecular weight excluding hydrogens is 318 g/mol. The normalized spacial score (nSPS) is 18.8. The Hall–Kier alpha value is -2.37. The summed E-state index contributed by atoms with van der Waals surface area (Å²) in [7, 11) is 0. The van der Waals surface area contributed by atoms with Crippen LogP contribution in [0, 0.1) is 5.92 Å². The Kier molecular flexibility index (Phi) is 5.68. The number of piperidine rings is 1. The lowest BCUT2D eigenvalue weighted by molar-refractivity contribution is -0.136. The van der Waals surface area contributed by atoms with Gasteiger partial charge < -0.3 is 14.2 Å². The van der Waals surface area contributed by atoms with E-state index in [9.17, 15) is 4.79 Å². The van der Waals surface area contributed by atoms with E-state index in [4.69, 9.17) is 9.26 Å². The predicted molar refractivity (Wildman–Crippen MR) is 93.1 cm³/mol. The van der Waals surface area contributed by atoms with E-state index >= 15 is 0 Å². The highest BCUT2D eigenvalue weighted by Gasteiger charge is 2.30. The Labute approximate surface area is 148 Å². The minimum atomic E-state index is 0.0660. The maximum Gasteiger partial charge on any atom is 0.231 e. The lowest BCUT2D eigenvalue weighted by Crippen LogP contribution is -2.41. The molecule has 0 radical (unpaired) electrons. The first-order chi connectivity index (χ1) is 12.2. The van der Waals surface area contributed by atoms with Crippen LogP contribution in [-0.4, -0.2) is 34.0 Å². The molecule has 1 amide bonds. The fraction of sp³-hybridized carbons (Fsp3) is 0.526. The second-order valence-corrected chi connectivity index (χ2v) is 6.58. The molecule has 6 heteroatoms. The fourth-order valence-electron chi connectivity index (χ4n) is 3.02. The third kappa shape index (κ3) is 4.38. The highest BCUT2D eigenvalue weighted by Crippen LogP contribution is 2.27. The highest BCUT2D eigenvalue weighted by molar-refractivity contribution is 5.78. The number of rotatable bonds is 6. The Morgan fingerprint density at radius 2 is 2.20 bits per heavy atom. The molecule has 2 atom stereocenters. The van der Waals surface area contributed by atoms with Gasteiger partial charge in [-0.05, 0) is 31.4 Å². The van der Waals surface area contributed by atoms with Crippen LogP contribution in [0.2, 0.25) is 0 Å². The predicted octanol–water partition coefficient (Wildman–Crippen LogP) is 3.40. The number of hydrogen-bond donors (Lipinski definition) is 0. The van der Waals surface area contributed by atoms with Gasteiger partial charge in [-0.25, -0.2) is 0 Å². The van der Waals surface area contributed by atoms with Crippen LogP contribution in [0.25, 0.3) is 0 Å². The van der Waals surface area contributed by atoms with Gasteiger partial charge in [-0.1, -0.05) is 37.2 Å². The number of carbonyl (C=O) groups is 1. The number of hydrogen-bond acceptors (Lipinski definition) is 5. The summed E-state index contributed by atoms with van der Waals surface area (Å²) >= 11 is 0. The third-order valence-electron chi connectivity index (χ3n) is 4.71. The summed E-state index contributed by atoms with van der Waals surface area (Å²) in [4.78, 5) is 18.8. The van der Waals surface area contributed by atoms with Crippen molar-refractivity contribution >= 4 is 5.91 Å². The molecule has 134 valence electrons. The van der Waals surface area contributed by atoms with Crippen LogP contribution in [-0.2, 0) is 11.4 Å². The van der Waals surface area contributed by atoms with Crippen LogP contribution in [0.5, 0.6) is 5.75 Å². The molecule has 2 heterocycles.